The van der Waals surface area contributed by atoms with Gasteiger partial charge in [0.25, 0.3) is 0 Å². The first-order valence-corrected chi connectivity index (χ1v) is 6.16. The van der Waals surface area contributed by atoms with E-state index in [1.807, 2.05) is 26.2 Å². The molecule has 3 heteroatoms. The Labute approximate surface area is 103 Å². The van der Waals surface area contributed by atoms with Gasteiger partial charge in [-0.05, 0) is 30.5 Å². The van der Waals surface area contributed by atoms with Crippen molar-refractivity contribution in [3.05, 3.63) is 29.8 Å². The molecule has 1 aliphatic carbocycles. The molecule has 1 aromatic rings. The highest BCUT2D eigenvalue weighted by atomic mass is 16.1. The van der Waals surface area contributed by atoms with Crippen LogP contribution in [0.15, 0.2) is 24.3 Å². The van der Waals surface area contributed by atoms with Crippen molar-refractivity contribution in [1.29, 1.82) is 0 Å². The van der Waals surface area contributed by atoms with Crippen LogP contribution in [0.4, 0.5) is 5.69 Å². The number of rotatable bonds is 6. The summed E-state index contributed by atoms with van der Waals surface area (Å²) in [5, 5.41) is 3.25. The second-order valence-corrected chi connectivity index (χ2v) is 4.93. The molecule has 0 bridgehead atoms. The second-order valence-electron chi connectivity index (χ2n) is 4.93. The van der Waals surface area contributed by atoms with Crippen LogP contribution in [0, 0.1) is 0 Å². The summed E-state index contributed by atoms with van der Waals surface area (Å²) in [7, 11) is 4.03. The van der Waals surface area contributed by atoms with E-state index in [2.05, 4.69) is 22.3 Å². The maximum Gasteiger partial charge on any atom is 0.150 e. The molecule has 92 valence electrons. The SMILES string of the molecule is CN(C)c1ccc(CC(=O)CNC2CC2)cc1. The summed E-state index contributed by atoms with van der Waals surface area (Å²) >= 11 is 0. The van der Waals surface area contributed by atoms with E-state index in [1.54, 1.807) is 0 Å². The van der Waals surface area contributed by atoms with E-state index in [4.69, 9.17) is 0 Å². The fraction of sp³-hybridized carbons (Fsp3) is 0.500. The highest BCUT2D eigenvalue weighted by molar-refractivity contribution is 5.82. The van der Waals surface area contributed by atoms with Crippen molar-refractivity contribution in [3.63, 3.8) is 0 Å². The average Bonchev–Trinajstić information content (AvgIpc) is 3.11. The fourth-order valence-electron chi connectivity index (χ4n) is 1.75. The van der Waals surface area contributed by atoms with Gasteiger partial charge in [0.2, 0.25) is 0 Å². The van der Waals surface area contributed by atoms with Gasteiger partial charge in [0.1, 0.15) is 0 Å². The molecule has 1 aliphatic rings. The number of ketones is 1. The number of hydrogen-bond acceptors (Lipinski definition) is 3. The first-order valence-electron chi connectivity index (χ1n) is 6.16. The smallest absolute Gasteiger partial charge is 0.150 e. The number of nitrogens with one attached hydrogen (secondary N) is 1. The predicted molar refractivity (Wildman–Crippen MR) is 70.5 cm³/mol. The lowest BCUT2D eigenvalue weighted by molar-refractivity contribution is -0.117. The van der Waals surface area contributed by atoms with Gasteiger partial charge in [0.15, 0.2) is 5.78 Å². The highest BCUT2D eigenvalue weighted by Gasteiger charge is 2.20. The third-order valence-corrected chi connectivity index (χ3v) is 3.02. The van der Waals surface area contributed by atoms with Crippen LogP contribution in [0.3, 0.4) is 0 Å². The summed E-state index contributed by atoms with van der Waals surface area (Å²) in [5.74, 6) is 0.273. The molecule has 0 atom stereocenters. The normalized spacial score (nSPS) is 14.7. The molecule has 3 nitrogen and oxygen atoms in total. The zero-order valence-electron chi connectivity index (χ0n) is 10.6. The number of carbonyl (C=O) groups is 1. The van der Waals surface area contributed by atoms with E-state index in [0.29, 0.717) is 19.0 Å². The van der Waals surface area contributed by atoms with Crippen molar-refractivity contribution in [1.82, 2.24) is 5.32 Å². The third-order valence-electron chi connectivity index (χ3n) is 3.02. The van der Waals surface area contributed by atoms with Crippen LogP contribution in [0.2, 0.25) is 0 Å². The van der Waals surface area contributed by atoms with Crippen molar-refractivity contribution in [2.24, 2.45) is 0 Å². The van der Waals surface area contributed by atoms with Gasteiger partial charge < -0.3 is 10.2 Å². The molecule has 1 aromatic carbocycles. The first kappa shape index (κ1) is 12.1. The van der Waals surface area contributed by atoms with E-state index in [-0.39, 0.29) is 5.78 Å². The quantitative estimate of drug-likeness (QED) is 0.809. The third kappa shape index (κ3) is 3.86. The van der Waals surface area contributed by atoms with Gasteiger partial charge >= 0.3 is 0 Å². The zero-order chi connectivity index (χ0) is 12.3. The Morgan fingerprint density at radius 3 is 2.47 bits per heavy atom. The largest absolute Gasteiger partial charge is 0.378 e. The van der Waals surface area contributed by atoms with E-state index in [1.165, 1.54) is 12.8 Å². The molecular formula is C14H20N2O. The molecule has 0 aromatic heterocycles. The molecule has 17 heavy (non-hydrogen) atoms. The molecule has 1 N–H and O–H groups in total. The Bertz CT molecular complexity index is 380. The van der Waals surface area contributed by atoms with Crippen LogP contribution in [-0.2, 0) is 11.2 Å². The molecule has 0 aliphatic heterocycles. The summed E-state index contributed by atoms with van der Waals surface area (Å²) in [6, 6.07) is 8.78. The standard InChI is InChI=1S/C14H20N2O/c1-16(2)13-7-3-11(4-8-13)9-14(17)10-15-12-5-6-12/h3-4,7-8,12,15H,5-6,9-10H2,1-2H3. The number of anilines is 1. The minimum Gasteiger partial charge on any atom is -0.378 e. The van der Waals surface area contributed by atoms with Crippen LogP contribution in [-0.4, -0.2) is 32.5 Å². The van der Waals surface area contributed by atoms with Crippen LogP contribution in [0.1, 0.15) is 18.4 Å². The Kier molecular flexibility index (Phi) is 3.79. The monoisotopic (exact) mass is 232 g/mol. The van der Waals surface area contributed by atoms with Crippen LogP contribution in [0.5, 0.6) is 0 Å². The van der Waals surface area contributed by atoms with Gasteiger partial charge in [-0.15, -0.1) is 0 Å². The van der Waals surface area contributed by atoms with Crippen LogP contribution in [0.25, 0.3) is 0 Å². The van der Waals surface area contributed by atoms with E-state index in [9.17, 15) is 4.79 Å². The number of nitrogens with zero attached hydrogens (tertiary/aromatic N) is 1. The molecular weight excluding hydrogens is 212 g/mol. The lowest BCUT2D eigenvalue weighted by Crippen LogP contribution is -2.25. The molecule has 2 rings (SSSR count). The van der Waals surface area contributed by atoms with Gasteiger partial charge in [0, 0.05) is 32.2 Å². The number of Topliss-reactive ketones (excluding diaryl/α,β-unsaturated/α-hetero) is 1. The molecule has 0 unspecified atom stereocenters. The van der Waals surface area contributed by atoms with Gasteiger partial charge in [0.05, 0.1) is 6.54 Å². The number of hydrogen-bond donors (Lipinski definition) is 1. The molecule has 0 amide bonds. The molecule has 0 heterocycles. The van der Waals surface area contributed by atoms with Crippen molar-refractivity contribution >= 4 is 11.5 Å². The van der Waals surface area contributed by atoms with E-state index < -0.39 is 0 Å². The second kappa shape index (κ2) is 5.32. The maximum atomic E-state index is 11.7. The van der Waals surface area contributed by atoms with Crippen LogP contribution < -0.4 is 10.2 Å². The molecule has 0 spiro atoms. The number of benzene rings is 1. The summed E-state index contributed by atoms with van der Waals surface area (Å²) in [6.45, 7) is 0.514. The minimum absolute atomic E-state index is 0.273. The summed E-state index contributed by atoms with van der Waals surface area (Å²) < 4.78 is 0. The molecule has 0 saturated heterocycles. The van der Waals surface area contributed by atoms with Gasteiger partial charge in [-0.1, -0.05) is 12.1 Å². The lowest BCUT2D eigenvalue weighted by Gasteiger charge is -2.12. The number of carbonyl (C=O) groups excluding carboxylic acids is 1. The van der Waals surface area contributed by atoms with Gasteiger partial charge in [-0.3, -0.25) is 4.79 Å². The zero-order valence-corrected chi connectivity index (χ0v) is 10.6. The van der Waals surface area contributed by atoms with E-state index in [0.717, 1.165) is 11.3 Å². The van der Waals surface area contributed by atoms with Gasteiger partial charge in [-0.2, -0.15) is 0 Å². The topological polar surface area (TPSA) is 32.3 Å². The van der Waals surface area contributed by atoms with Crippen molar-refractivity contribution < 1.29 is 4.79 Å². The average molecular weight is 232 g/mol. The Morgan fingerprint density at radius 1 is 1.29 bits per heavy atom. The molecule has 1 fully saturated rings. The van der Waals surface area contributed by atoms with Crippen molar-refractivity contribution in [3.8, 4) is 0 Å². The maximum absolute atomic E-state index is 11.7. The Morgan fingerprint density at radius 2 is 1.94 bits per heavy atom. The minimum atomic E-state index is 0.273. The van der Waals surface area contributed by atoms with Crippen molar-refractivity contribution in [2.45, 2.75) is 25.3 Å². The Balaban J connectivity index is 1.82. The predicted octanol–water partition coefficient (Wildman–Crippen LogP) is 1.62. The van der Waals surface area contributed by atoms with Gasteiger partial charge in [-0.25, -0.2) is 0 Å². The lowest BCUT2D eigenvalue weighted by atomic mass is 10.1. The molecule has 0 radical (unpaired) electrons. The summed E-state index contributed by atoms with van der Waals surface area (Å²) in [6.07, 6.45) is 2.99. The van der Waals surface area contributed by atoms with E-state index >= 15 is 0 Å². The van der Waals surface area contributed by atoms with Crippen molar-refractivity contribution in [2.75, 3.05) is 25.5 Å². The fourth-order valence-corrected chi connectivity index (χ4v) is 1.75. The molecule has 1 saturated carbocycles. The van der Waals surface area contributed by atoms with Crippen LogP contribution >= 0.6 is 0 Å². The highest BCUT2D eigenvalue weighted by Crippen LogP contribution is 2.18. The summed E-state index contributed by atoms with van der Waals surface area (Å²) in [5.41, 5.74) is 2.26. The first-order chi connectivity index (χ1) is 8.15. The summed E-state index contributed by atoms with van der Waals surface area (Å²) in [4.78, 5) is 13.7. The Hall–Kier alpha value is -1.35.